The number of carbonyl (C=O) groups is 1. The number of piperazine rings is 1. The molecule has 0 atom stereocenters. The van der Waals surface area contributed by atoms with E-state index in [1.54, 1.807) is 19.9 Å². The average Bonchev–Trinajstić information content (AvgIpc) is 3.59. The predicted molar refractivity (Wildman–Crippen MR) is 141 cm³/mol. The Hall–Kier alpha value is -3.52. The van der Waals surface area contributed by atoms with Gasteiger partial charge in [-0.25, -0.2) is 13.2 Å². The normalized spacial score (nSPS) is 17.3. The second-order valence-corrected chi connectivity index (χ2v) is 11.9. The van der Waals surface area contributed by atoms with Crippen LogP contribution in [-0.2, 0) is 14.8 Å². The van der Waals surface area contributed by atoms with Gasteiger partial charge in [0.15, 0.2) is 11.6 Å². The van der Waals surface area contributed by atoms with Crippen LogP contribution in [0.3, 0.4) is 0 Å². The van der Waals surface area contributed by atoms with E-state index in [9.17, 15) is 18.0 Å². The van der Waals surface area contributed by atoms with Gasteiger partial charge in [-0.2, -0.15) is 8.82 Å². The van der Waals surface area contributed by atoms with Gasteiger partial charge in [0, 0.05) is 32.1 Å². The summed E-state index contributed by atoms with van der Waals surface area (Å²) in [5.74, 6) is 1.34. The molecule has 14 heteroatoms. The number of ether oxygens (including phenoxy) is 2. The smallest absolute Gasteiger partial charge is 0.410 e. The molecule has 210 valence electrons. The molecule has 1 aliphatic carbocycles. The number of benzene rings is 1. The van der Waals surface area contributed by atoms with Crippen LogP contribution in [0.2, 0.25) is 0 Å². The Labute approximate surface area is 226 Å². The molecule has 0 bridgehead atoms. The lowest BCUT2D eigenvalue weighted by molar-refractivity contribution is 0.0667. The molecule has 39 heavy (non-hydrogen) atoms. The van der Waals surface area contributed by atoms with Crippen molar-refractivity contribution in [3.8, 4) is 17.1 Å². The maximum Gasteiger partial charge on any atom is 0.410 e. The summed E-state index contributed by atoms with van der Waals surface area (Å²) in [5.41, 5.74) is -0.0461. The molecule has 1 amide bonds. The highest BCUT2D eigenvalue weighted by Gasteiger charge is 2.32. The summed E-state index contributed by atoms with van der Waals surface area (Å²) in [4.78, 5) is 29.4. The number of hydrogen-bond acceptors (Lipinski definition) is 9. The first-order chi connectivity index (χ1) is 18.7. The fourth-order valence-electron chi connectivity index (χ4n) is 5.05. The zero-order valence-corrected chi connectivity index (χ0v) is 23.1. The van der Waals surface area contributed by atoms with E-state index in [1.165, 1.54) is 25.9 Å². The van der Waals surface area contributed by atoms with Gasteiger partial charge in [-0.3, -0.25) is 4.79 Å². The lowest BCUT2D eigenvalue weighted by Crippen LogP contribution is -2.50. The number of sulfonamides is 1. The first-order valence-electron chi connectivity index (χ1n) is 13.3. The molecule has 0 radical (unpaired) electrons. The van der Waals surface area contributed by atoms with Crippen LogP contribution in [-0.4, -0.2) is 87.4 Å². The first kappa shape index (κ1) is 27.1. The number of nitrogens with zero attached hydrogens (tertiary/aromatic N) is 6. The highest BCUT2D eigenvalue weighted by molar-refractivity contribution is 7.89. The van der Waals surface area contributed by atoms with Gasteiger partial charge in [0.1, 0.15) is 5.75 Å². The van der Waals surface area contributed by atoms with Gasteiger partial charge >= 0.3 is 6.09 Å². The van der Waals surface area contributed by atoms with E-state index in [1.807, 2.05) is 6.92 Å². The Kier molecular flexibility index (Phi) is 7.58. The number of carbonyl (C=O) groups excluding carboxylic acids is 1. The van der Waals surface area contributed by atoms with Crippen LogP contribution in [0.25, 0.3) is 17.0 Å². The van der Waals surface area contributed by atoms with Gasteiger partial charge in [-0.15, -0.1) is 15.3 Å². The van der Waals surface area contributed by atoms with E-state index in [2.05, 4.69) is 20.3 Å². The zero-order chi connectivity index (χ0) is 27.7. The predicted octanol–water partition coefficient (Wildman–Crippen LogP) is 2.39. The Balaban J connectivity index is 1.48. The van der Waals surface area contributed by atoms with Gasteiger partial charge in [-0.05, 0) is 51.8 Å². The lowest BCUT2D eigenvalue weighted by Gasteiger charge is -2.33. The van der Waals surface area contributed by atoms with E-state index in [-0.39, 0.29) is 54.6 Å². The largest absolute Gasteiger partial charge is 0.493 e. The summed E-state index contributed by atoms with van der Waals surface area (Å²) >= 11 is 0. The van der Waals surface area contributed by atoms with Gasteiger partial charge in [0.2, 0.25) is 15.7 Å². The quantitative estimate of drug-likeness (QED) is 0.460. The standard InChI is InChI=1S/C25H33N7O6S/c1-4-37-20-10-9-18(39(35,36)31-13-11-30(12-14-31)25(34)38-16(2)3)15-19(20)21-26-24(33)23-28-27-22(32(23)29-21)17-7-5-6-8-17/h9-10,15-17H,4-8,11-14H2,1-3H3,(H,26,29,33). The van der Waals surface area contributed by atoms with E-state index in [0.29, 0.717) is 23.7 Å². The monoisotopic (exact) mass is 559 g/mol. The van der Waals surface area contributed by atoms with Crippen molar-refractivity contribution in [1.82, 2.24) is 34.0 Å². The molecule has 13 nitrogen and oxygen atoms in total. The molecule has 1 N–H and O–H groups in total. The molecular formula is C25H33N7O6S. The van der Waals surface area contributed by atoms with Crippen molar-refractivity contribution in [3.63, 3.8) is 0 Å². The maximum atomic E-state index is 13.6. The first-order valence-corrected chi connectivity index (χ1v) is 14.7. The summed E-state index contributed by atoms with van der Waals surface area (Å²) < 4.78 is 41.0. The number of amides is 1. The maximum absolute atomic E-state index is 13.6. The van der Waals surface area contributed by atoms with Crippen molar-refractivity contribution in [2.24, 2.45) is 0 Å². The van der Waals surface area contributed by atoms with Crippen LogP contribution in [0.4, 0.5) is 4.79 Å². The molecule has 1 saturated heterocycles. The summed E-state index contributed by atoms with van der Waals surface area (Å²) in [7, 11) is -3.91. The average molecular weight is 560 g/mol. The van der Waals surface area contributed by atoms with Gasteiger partial charge in [0.25, 0.3) is 5.56 Å². The zero-order valence-electron chi connectivity index (χ0n) is 22.3. The Morgan fingerprint density at radius 3 is 2.51 bits per heavy atom. The number of aromatic amines is 1. The molecule has 2 fully saturated rings. The molecular weight excluding hydrogens is 526 g/mol. The van der Waals surface area contributed by atoms with Crippen molar-refractivity contribution in [3.05, 3.63) is 34.4 Å². The molecule has 1 aliphatic heterocycles. The molecule has 3 heterocycles. The molecule has 2 aromatic heterocycles. The lowest BCUT2D eigenvalue weighted by atomic mass is 10.1. The van der Waals surface area contributed by atoms with Crippen molar-refractivity contribution < 1.29 is 22.7 Å². The van der Waals surface area contributed by atoms with Crippen LogP contribution in [0.1, 0.15) is 58.2 Å². The third-order valence-corrected chi connectivity index (χ3v) is 8.89. The second kappa shape index (κ2) is 10.9. The van der Waals surface area contributed by atoms with Crippen molar-refractivity contribution in [1.29, 1.82) is 0 Å². The number of H-pyrrole nitrogens is 1. The number of hydrogen-bond donors (Lipinski definition) is 1. The fraction of sp³-hybridized carbons (Fsp3) is 0.560. The van der Waals surface area contributed by atoms with Crippen molar-refractivity contribution >= 4 is 21.8 Å². The van der Waals surface area contributed by atoms with Crippen LogP contribution in [0.15, 0.2) is 27.9 Å². The summed E-state index contributed by atoms with van der Waals surface area (Å²) in [6, 6.07) is 4.50. The molecule has 0 unspecified atom stereocenters. The molecule has 1 aromatic carbocycles. The minimum absolute atomic E-state index is 0.0293. The van der Waals surface area contributed by atoms with Crippen molar-refractivity contribution in [2.45, 2.75) is 63.4 Å². The topological polar surface area (TPSA) is 152 Å². The molecule has 1 saturated carbocycles. The highest BCUT2D eigenvalue weighted by atomic mass is 32.2. The van der Waals surface area contributed by atoms with Gasteiger partial charge in [-0.1, -0.05) is 12.8 Å². The number of rotatable bonds is 7. The Bertz CT molecular complexity index is 1520. The number of aromatic nitrogens is 5. The van der Waals surface area contributed by atoms with E-state index in [4.69, 9.17) is 9.47 Å². The van der Waals surface area contributed by atoms with Crippen LogP contribution >= 0.6 is 0 Å². The fourth-order valence-corrected chi connectivity index (χ4v) is 6.50. The van der Waals surface area contributed by atoms with Crippen LogP contribution in [0.5, 0.6) is 5.75 Å². The Morgan fingerprint density at radius 1 is 1.13 bits per heavy atom. The van der Waals surface area contributed by atoms with E-state index < -0.39 is 21.7 Å². The summed E-state index contributed by atoms with van der Waals surface area (Å²) in [6.07, 6.45) is 3.35. The SMILES string of the molecule is CCOc1ccc(S(=O)(=O)N2CCN(C(=O)OC(C)C)CC2)cc1-c1nn2c(C3CCCC3)nnc2c(=O)[nH]1. The summed E-state index contributed by atoms with van der Waals surface area (Å²) in [5, 5.41) is 12.9. The number of nitrogens with one attached hydrogen (secondary N) is 1. The third kappa shape index (κ3) is 5.35. The van der Waals surface area contributed by atoms with E-state index in [0.717, 1.165) is 25.7 Å². The highest BCUT2D eigenvalue weighted by Crippen LogP contribution is 2.34. The van der Waals surface area contributed by atoms with Crippen LogP contribution in [0, 0.1) is 0 Å². The Morgan fingerprint density at radius 2 is 1.85 bits per heavy atom. The third-order valence-electron chi connectivity index (χ3n) is 7.00. The molecule has 5 rings (SSSR count). The number of fused-ring (bicyclic) bond motifs is 1. The van der Waals surface area contributed by atoms with Gasteiger partial charge in [0.05, 0.1) is 23.2 Å². The van der Waals surface area contributed by atoms with E-state index >= 15 is 0 Å². The summed E-state index contributed by atoms with van der Waals surface area (Å²) in [6.45, 7) is 6.38. The minimum Gasteiger partial charge on any atom is -0.493 e. The van der Waals surface area contributed by atoms with Gasteiger partial charge < -0.3 is 19.4 Å². The minimum atomic E-state index is -3.91. The van der Waals surface area contributed by atoms with Crippen molar-refractivity contribution in [2.75, 3.05) is 32.8 Å². The second-order valence-electron chi connectivity index (χ2n) is 9.99. The molecule has 2 aliphatic rings. The molecule has 3 aromatic rings. The molecule has 0 spiro atoms. The van der Waals surface area contributed by atoms with Crippen LogP contribution < -0.4 is 10.3 Å².